The van der Waals surface area contributed by atoms with E-state index in [0.717, 1.165) is 29.0 Å². The number of hydrogen-bond acceptors (Lipinski definition) is 3. The maximum Gasteiger partial charge on any atom is 0.0882 e. The largest absolute Gasteiger partial charge is 0.388 e. The third-order valence-electron chi connectivity index (χ3n) is 3.65. The van der Waals surface area contributed by atoms with Crippen LogP contribution in [-0.4, -0.2) is 24.5 Å². The minimum Gasteiger partial charge on any atom is -0.388 e. The number of pyridine rings is 1. The van der Waals surface area contributed by atoms with Crippen molar-refractivity contribution in [1.82, 2.24) is 19.4 Å². The van der Waals surface area contributed by atoms with E-state index >= 15 is 0 Å². The molecule has 3 rings (SSSR count). The van der Waals surface area contributed by atoms with Crippen molar-refractivity contribution in [3.8, 4) is 0 Å². The van der Waals surface area contributed by atoms with Crippen molar-refractivity contribution >= 4 is 17.1 Å². The Morgan fingerprint density at radius 2 is 2.19 bits per heavy atom. The average Bonchev–Trinajstić information content (AvgIpc) is 3.03. The number of aromatic nitrogens is 4. The molecule has 0 saturated heterocycles. The van der Waals surface area contributed by atoms with Crippen molar-refractivity contribution in [3.05, 3.63) is 52.6 Å². The zero-order chi connectivity index (χ0) is 15.0. The molecule has 0 aliphatic carbocycles. The standard InChI is InChI=1S/C15H17ClN4O/c1-3-19-13(15(16)10(2)18-19)8-14(21)11-9-17-20-7-5-4-6-12(11)20/h4-7,9,14,21H,3,8H2,1-2H3. The van der Waals surface area contributed by atoms with Crippen LogP contribution in [0.2, 0.25) is 5.02 Å². The van der Waals surface area contributed by atoms with Gasteiger partial charge in [0.25, 0.3) is 0 Å². The van der Waals surface area contributed by atoms with Gasteiger partial charge in [-0.3, -0.25) is 4.68 Å². The van der Waals surface area contributed by atoms with E-state index in [9.17, 15) is 5.11 Å². The zero-order valence-corrected chi connectivity index (χ0v) is 12.7. The fourth-order valence-electron chi connectivity index (χ4n) is 2.57. The number of fused-ring (bicyclic) bond motifs is 1. The molecule has 5 nitrogen and oxygen atoms in total. The molecule has 3 heterocycles. The second-order valence-electron chi connectivity index (χ2n) is 5.01. The van der Waals surface area contributed by atoms with Crippen molar-refractivity contribution < 1.29 is 5.11 Å². The van der Waals surface area contributed by atoms with Gasteiger partial charge in [-0.05, 0) is 26.0 Å². The third-order valence-corrected chi connectivity index (χ3v) is 4.15. The summed E-state index contributed by atoms with van der Waals surface area (Å²) in [7, 11) is 0. The highest BCUT2D eigenvalue weighted by atomic mass is 35.5. The predicted octanol–water partition coefficient (Wildman–Crippen LogP) is 2.79. The van der Waals surface area contributed by atoms with Crippen LogP contribution in [0.1, 0.15) is 30.0 Å². The van der Waals surface area contributed by atoms with Crippen molar-refractivity contribution in [2.75, 3.05) is 0 Å². The summed E-state index contributed by atoms with van der Waals surface area (Å²) >= 11 is 6.30. The molecule has 0 spiro atoms. The molecule has 1 unspecified atom stereocenters. The first-order chi connectivity index (χ1) is 10.1. The van der Waals surface area contributed by atoms with E-state index < -0.39 is 6.10 Å². The normalized spacial score (nSPS) is 13.0. The first-order valence-electron chi connectivity index (χ1n) is 6.94. The Balaban J connectivity index is 1.95. The van der Waals surface area contributed by atoms with Crippen LogP contribution in [0.4, 0.5) is 0 Å². The van der Waals surface area contributed by atoms with Gasteiger partial charge in [0.1, 0.15) is 0 Å². The molecular formula is C15H17ClN4O. The van der Waals surface area contributed by atoms with E-state index in [-0.39, 0.29) is 0 Å². The van der Waals surface area contributed by atoms with E-state index in [0.29, 0.717) is 11.4 Å². The van der Waals surface area contributed by atoms with E-state index in [2.05, 4.69) is 10.2 Å². The molecule has 6 heteroatoms. The average molecular weight is 305 g/mol. The molecule has 110 valence electrons. The summed E-state index contributed by atoms with van der Waals surface area (Å²) in [5, 5.41) is 19.8. The molecule has 0 aromatic carbocycles. The first kappa shape index (κ1) is 14.1. The minimum absolute atomic E-state index is 0.420. The van der Waals surface area contributed by atoms with Crippen LogP contribution in [0, 0.1) is 6.92 Å². The molecule has 0 aliphatic heterocycles. The van der Waals surface area contributed by atoms with Crippen LogP contribution in [0.5, 0.6) is 0 Å². The highest BCUT2D eigenvalue weighted by molar-refractivity contribution is 6.31. The molecule has 3 aromatic heterocycles. The van der Waals surface area contributed by atoms with Gasteiger partial charge in [0, 0.05) is 24.7 Å². The molecule has 3 aromatic rings. The van der Waals surface area contributed by atoms with Crippen LogP contribution < -0.4 is 0 Å². The molecule has 0 radical (unpaired) electrons. The number of nitrogens with zero attached hydrogens (tertiary/aromatic N) is 4. The fraction of sp³-hybridized carbons (Fsp3) is 0.333. The summed E-state index contributed by atoms with van der Waals surface area (Å²) in [5.41, 5.74) is 3.36. The van der Waals surface area contributed by atoms with Gasteiger partial charge in [-0.1, -0.05) is 17.7 Å². The lowest BCUT2D eigenvalue weighted by atomic mass is 10.1. The van der Waals surface area contributed by atoms with Gasteiger partial charge in [0.2, 0.25) is 0 Å². The summed E-state index contributed by atoms with van der Waals surface area (Å²) in [4.78, 5) is 0. The Morgan fingerprint density at radius 1 is 1.38 bits per heavy atom. The van der Waals surface area contributed by atoms with Crippen LogP contribution in [0.25, 0.3) is 5.52 Å². The first-order valence-corrected chi connectivity index (χ1v) is 7.31. The maximum absolute atomic E-state index is 10.6. The Labute approximate surface area is 127 Å². The van der Waals surface area contributed by atoms with E-state index in [4.69, 9.17) is 11.6 Å². The minimum atomic E-state index is -0.663. The van der Waals surface area contributed by atoms with Gasteiger partial charge in [-0.2, -0.15) is 10.2 Å². The Hall–Kier alpha value is -1.85. The van der Waals surface area contributed by atoms with E-state index in [1.807, 2.05) is 42.9 Å². The summed E-state index contributed by atoms with van der Waals surface area (Å²) in [5.74, 6) is 0. The summed E-state index contributed by atoms with van der Waals surface area (Å²) in [6, 6.07) is 5.78. The molecular weight excluding hydrogens is 288 g/mol. The third kappa shape index (κ3) is 2.43. The number of aliphatic hydroxyl groups is 1. The maximum atomic E-state index is 10.6. The molecule has 0 fully saturated rings. The quantitative estimate of drug-likeness (QED) is 0.806. The van der Waals surface area contributed by atoms with Crippen LogP contribution in [0.3, 0.4) is 0 Å². The number of aliphatic hydroxyl groups excluding tert-OH is 1. The number of rotatable bonds is 4. The smallest absolute Gasteiger partial charge is 0.0882 e. The molecule has 0 bridgehead atoms. The number of hydrogen-bond donors (Lipinski definition) is 1. The van der Waals surface area contributed by atoms with Crippen molar-refractivity contribution in [1.29, 1.82) is 0 Å². The van der Waals surface area contributed by atoms with Gasteiger partial charge >= 0.3 is 0 Å². The molecule has 1 atom stereocenters. The van der Waals surface area contributed by atoms with Gasteiger partial charge < -0.3 is 5.11 Å². The second-order valence-corrected chi connectivity index (χ2v) is 5.39. The number of halogens is 1. The van der Waals surface area contributed by atoms with Gasteiger partial charge in [-0.25, -0.2) is 4.52 Å². The molecule has 0 saturated carbocycles. The molecule has 21 heavy (non-hydrogen) atoms. The van der Waals surface area contributed by atoms with Crippen molar-refractivity contribution in [2.45, 2.75) is 32.9 Å². The number of aryl methyl sites for hydroxylation is 2. The SMILES string of the molecule is CCn1nc(C)c(Cl)c1CC(O)c1cnn2ccccc12. The monoisotopic (exact) mass is 304 g/mol. The van der Waals surface area contributed by atoms with Crippen LogP contribution in [-0.2, 0) is 13.0 Å². The highest BCUT2D eigenvalue weighted by Gasteiger charge is 2.20. The lowest BCUT2D eigenvalue weighted by Crippen LogP contribution is -2.08. The Kier molecular flexibility index (Phi) is 3.69. The highest BCUT2D eigenvalue weighted by Crippen LogP contribution is 2.27. The van der Waals surface area contributed by atoms with Crippen molar-refractivity contribution in [2.24, 2.45) is 0 Å². The van der Waals surface area contributed by atoms with Gasteiger partial charge in [0.15, 0.2) is 0 Å². The van der Waals surface area contributed by atoms with E-state index in [1.165, 1.54) is 0 Å². The van der Waals surface area contributed by atoms with Crippen molar-refractivity contribution in [3.63, 3.8) is 0 Å². The topological polar surface area (TPSA) is 55.3 Å². The van der Waals surface area contributed by atoms with Gasteiger partial charge in [0.05, 0.1) is 34.2 Å². The molecule has 1 N–H and O–H groups in total. The summed E-state index contributed by atoms with van der Waals surface area (Å²) in [6.07, 6.45) is 3.32. The Bertz CT molecular complexity index is 777. The fourth-order valence-corrected chi connectivity index (χ4v) is 2.78. The summed E-state index contributed by atoms with van der Waals surface area (Å²) < 4.78 is 3.59. The Morgan fingerprint density at radius 3 is 2.95 bits per heavy atom. The summed E-state index contributed by atoms with van der Waals surface area (Å²) in [6.45, 7) is 4.61. The van der Waals surface area contributed by atoms with Gasteiger partial charge in [-0.15, -0.1) is 0 Å². The molecule has 0 amide bonds. The van der Waals surface area contributed by atoms with Crippen LogP contribution >= 0.6 is 11.6 Å². The van der Waals surface area contributed by atoms with E-state index in [1.54, 1.807) is 10.7 Å². The lowest BCUT2D eigenvalue weighted by Gasteiger charge is -2.11. The predicted molar refractivity (Wildman–Crippen MR) is 81.5 cm³/mol. The van der Waals surface area contributed by atoms with Crippen LogP contribution in [0.15, 0.2) is 30.6 Å². The zero-order valence-electron chi connectivity index (χ0n) is 12.0. The molecule has 0 aliphatic rings. The second kappa shape index (κ2) is 5.50. The lowest BCUT2D eigenvalue weighted by molar-refractivity contribution is 0.177.